The number of sulfonamides is 1. The fourth-order valence-electron chi connectivity index (χ4n) is 1.91. The second-order valence-electron chi connectivity index (χ2n) is 4.57. The van der Waals surface area contributed by atoms with E-state index in [1.165, 1.54) is 23.9 Å². The Morgan fingerprint density at radius 1 is 1.53 bits per heavy atom. The van der Waals surface area contributed by atoms with Crippen LogP contribution in [0.4, 0.5) is 0 Å². The number of carboxylic acid groups (broad SMARTS) is 1. The molecule has 9 heteroatoms. The van der Waals surface area contributed by atoms with Gasteiger partial charge in [-0.1, -0.05) is 11.6 Å². The average Bonchev–Trinajstić information content (AvgIpc) is 2.82. The molecule has 0 saturated carbocycles. The van der Waals surface area contributed by atoms with Gasteiger partial charge in [0.05, 0.1) is 10.2 Å². The molecule has 2 heterocycles. The van der Waals surface area contributed by atoms with Gasteiger partial charge >= 0.3 is 5.97 Å². The van der Waals surface area contributed by atoms with Crippen LogP contribution < -0.4 is 0 Å². The molecule has 0 radical (unpaired) electrons. The van der Waals surface area contributed by atoms with E-state index >= 15 is 0 Å². The van der Waals surface area contributed by atoms with Crippen LogP contribution in [0, 0.1) is 0 Å². The van der Waals surface area contributed by atoms with Gasteiger partial charge in [0.25, 0.3) is 10.0 Å². The van der Waals surface area contributed by atoms with Gasteiger partial charge in [0.2, 0.25) is 0 Å². The Bertz CT molecular complexity index is 610. The Kier molecular flexibility index (Phi) is 3.92. The molecular weight excluding hydrogens is 330 g/mol. The van der Waals surface area contributed by atoms with E-state index in [1.807, 2.05) is 0 Å². The summed E-state index contributed by atoms with van der Waals surface area (Å²) in [6.45, 7) is 3.46. The second kappa shape index (κ2) is 4.92. The predicted molar refractivity (Wildman–Crippen MR) is 76.3 cm³/mol. The summed E-state index contributed by atoms with van der Waals surface area (Å²) in [7, 11) is -3.82. The topological polar surface area (TPSA) is 74.7 Å². The summed E-state index contributed by atoms with van der Waals surface area (Å²) in [5.41, 5.74) is 0. The van der Waals surface area contributed by atoms with Crippen molar-refractivity contribution in [3.05, 3.63) is 16.5 Å². The third kappa shape index (κ3) is 2.64. The van der Waals surface area contributed by atoms with Crippen molar-refractivity contribution in [3.63, 3.8) is 0 Å². The number of halogens is 1. The smallest absolute Gasteiger partial charge is 0.323 e. The lowest BCUT2D eigenvalue weighted by Gasteiger charge is -2.26. The van der Waals surface area contributed by atoms with Crippen molar-refractivity contribution in [3.8, 4) is 0 Å². The van der Waals surface area contributed by atoms with E-state index in [2.05, 4.69) is 0 Å². The fourth-order valence-corrected chi connectivity index (χ4v) is 6.68. The Balaban J connectivity index is 2.44. The first-order valence-corrected chi connectivity index (χ1v) is 8.92. The van der Waals surface area contributed by atoms with E-state index in [0.717, 1.165) is 15.6 Å². The van der Waals surface area contributed by atoms with Crippen molar-refractivity contribution in [1.82, 2.24) is 4.31 Å². The van der Waals surface area contributed by atoms with Crippen molar-refractivity contribution >= 4 is 50.7 Å². The minimum atomic E-state index is -3.82. The molecule has 1 aliphatic heterocycles. The second-order valence-corrected chi connectivity index (χ2v) is 10.00. The zero-order chi connectivity index (χ0) is 14.4. The molecule has 1 saturated heterocycles. The third-order valence-corrected chi connectivity index (χ3v) is 7.90. The van der Waals surface area contributed by atoms with Crippen molar-refractivity contribution in [1.29, 1.82) is 0 Å². The maximum Gasteiger partial charge on any atom is 0.323 e. The van der Waals surface area contributed by atoms with Gasteiger partial charge in [-0.25, -0.2) is 8.42 Å². The van der Waals surface area contributed by atoms with Crippen molar-refractivity contribution in [2.24, 2.45) is 0 Å². The van der Waals surface area contributed by atoms with E-state index in [-0.39, 0.29) is 10.1 Å². The molecule has 1 atom stereocenters. The SMILES string of the molecule is CC1(C)SCN(S(=O)(=O)c2ccc(Cl)s2)[C@@H]1C(=O)O. The molecular formula is C10H12ClNO4S3. The zero-order valence-corrected chi connectivity index (χ0v) is 13.4. The van der Waals surface area contributed by atoms with E-state index in [4.69, 9.17) is 11.6 Å². The number of thioether (sulfide) groups is 1. The van der Waals surface area contributed by atoms with Crippen molar-refractivity contribution in [2.75, 3.05) is 5.88 Å². The molecule has 0 spiro atoms. The van der Waals surface area contributed by atoms with Crippen LogP contribution in [-0.2, 0) is 14.8 Å². The standard InChI is InChI=1S/C10H12ClNO4S3/c1-10(2)8(9(13)14)12(5-17-10)19(15,16)7-4-3-6(11)18-7/h3-4,8H,5H2,1-2H3,(H,13,14)/t8-/m1/s1. The molecule has 1 N–H and O–H groups in total. The molecule has 0 aromatic carbocycles. The van der Waals surface area contributed by atoms with E-state index in [1.54, 1.807) is 13.8 Å². The Hall–Kier alpha value is -0.280. The van der Waals surface area contributed by atoms with Crippen LogP contribution in [0.15, 0.2) is 16.3 Å². The van der Waals surface area contributed by atoms with Crippen LogP contribution in [0.3, 0.4) is 0 Å². The normalized spacial score (nSPS) is 23.6. The van der Waals surface area contributed by atoms with E-state index in [0.29, 0.717) is 4.34 Å². The minimum absolute atomic E-state index is 0.0713. The largest absolute Gasteiger partial charge is 0.480 e. The third-order valence-electron chi connectivity index (χ3n) is 2.86. The lowest BCUT2D eigenvalue weighted by atomic mass is 10.0. The minimum Gasteiger partial charge on any atom is -0.480 e. The first-order valence-electron chi connectivity index (χ1n) is 5.30. The van der Waals surface area contributed by atoms with Gasteiger partial charge in [0.1, 0.15) is 10.3 Å². The molecule has 0 bridgehead atoms. The molecule has 1 aromatic heterocycles. The number of hydrogen-bond donors (Lipinski definition) is 1. The molecule has 1 aliphatic rings. The van der Waals surface area contributed by atoms with Crippen LogP contribution in [0.5, 0.6) is 0 Å². The molecule has 106 valence electrons. The average molecular weight is 342 g/mol. The van der Waals surface area contributed by atoms with Gasteiger partial charge in [0, 0.05) is 4.75 Å². The monoisotopic (exact) mass is 341 g/mol. The van der Waals surface area contributed by atoms with Gasteiger partial charge in [-0.2, -0.15) is 4.31 Å². The quantitative estimate of drug-likeness (QED) is 0.913. The highest BCUT2D eigenvalue weighted by molar-refractivity contribution is 8.02. The summed E-state index contributed by atoms with van der Waals surface area (Å²) >= 11 is 7.98. The molecule has 19 heavy (non-hydrogen) atoms. The summed E-state index contributed by atoms with van der Waals surface area (Å²) < 4.78 is 25.7. The van der Waals surface area contributed by atoms with Crippen molar-refractivity contribution in [2.45, 2.75) is 28.8 Å². The molecule has 1 aromatic rings. The highest BCUT2D eigenvalue weighted by Gasteiger charge is 2.51. The Morgan fingerprint density at radius 3 is 2.63 bits per heavy atom. The first kappa shape index (κ1) is 15.1. The van der Waals surface area contributed by atoms with Gasteiger partial charge < -0.3 is 5.11 Å². The number of aliphatic carboxylic acids is 1. The van der Waals surface area contributed by atoms with Crippen LogP contribution in [0.25, 0.3) is 0 Å². The summed E-state index contributed by atoms with van der Waals surface area (Å²) in [4.78, 5) is 11.4. The molecule has 0 amide bonds. The first-order chi connectivity index (χ1) is 8.66. The highest BCUT2D eigenvalue weighted by atomic mass is 35.5. The highest BCUT2D eigenvalue weighted by Crippen LogP contribution is 2.43. The predicted octanol–water partition coefficient (Wildman–Crippen LogP) is 2.33. The number of rotatable bonds is 3. The molecule has 2 rings (SSSR count). The summed E-state index contributed by atoms with van der Waals surface area (Å²) in [5, 5.41) is 9.29. The Labute approximate surface area is 124 Å². The number of nitrogens with zero attached hydrogens (tertiary/aromatic N) is 1. The van der Waals surface area contributed by atoms with Crippen molar-refractivity contribution < 1.29 is 18.3 Å². The summed E-state index contributed by atoms with van der Waals surface area (Å²) in [6, 6.07) is 1.81. The number of thiophene rings is 1. The fraction of sp³-hybridized carbons (Fsp3) is 0.500. The van der Waals surface area contributed by atoms with Gasteiger partial charge in [0.15, 0.2) is 0 Å². The van der Waals surface area contributed by atoms with Gasteiger partial charge in [-0.05, 0) is 26.0 Å². The number of hydrogen-bond acceptors (Lipinski definition) is 5. The van der Waals surface area contributed by atoms with Gasteiger partial charge in [-0.15, -0.1) is 23.1 Å². The Morgan fingerprint density at radius 2 is 2.16 bits per heavy atom. The molecule has 5 nitrogen and oxygen atoms in total. The van der Waals surface area contributed by atoms with Crippen LogP contribution >= 0.6 is 34.7 Å². The van der Waals surface area contributed by atoms with E-state index in [9.17, 15) is 18.3 Å². The number of carbonyl (C=O) groups is 1. The molecule has 0 aliphatic carbocycles. The molecule has 0 unspecified atom stereocenters. The number of carboxylic acids is 1. The maximum absolute atomic E-state index is 12.5. The van der Waals surface area contributed by atoms with Gasteiger partial charge in [-0.3, -0.25) is 4.79 Å². The van der Waals surface area contributed by atoms with Crippen LogP contribution in [0.2, 0.25) is 4.34 Å². The summed E-state index contributed by atoms with van der Waals surface area (Å²) in [6.07, 6.45) is 0. The lowest BCUT2D eigenvalue weighted by molar-refractivity contribution is -0.141. The zero-order valence-electron chi connectivity index (χ0n) is 10.2. The van der Waals surface area contributed by atoms with Crippen LogP contribution in [0.1, 0.15) is 13.8 Å². The molecule has 1 fully saturated rings. The lowest BCUT2D eigenvalue weighted by Crippen LogP contribution is -2.48. The van der Waals surface area contributed by atoms with E-state index < -0.39 is 26.8 Å². The van der Waals surface area contributed by atoms with Crippen LogP contribution in [-0.4, -0.2) is 40.5 Å². The summed E-state index contributed by atoms with van der Waals surface area (Å²) in [5.74, 6) is -1.01. The maximum atomic E-state index is 12.5.